The molecule has 2 N–H and O–H groups in total. The van der Waals surface area contributed by atoms with E-state index in [4.69, 9.17) is 5.73 Å². The molecule has 0 aromatic heterocycles. The van der Waals surface area contributed by atoms with E-state index < -0.39 is 0 Å². The van der Waals surface area contributed by atoms with E-state index in [1.54, 1.807) is 12.1 Å². The fraction of sp³-hybridized carbons (Fsp3) is 0.538. The largest absolute Gasteiger partial charge is 0.370 e. The zero-order chi connectivity index (χ0) is 11.6. The van der Waals surface area contributed by atoms with Crippen molar-refractivity contribution in [2.45, 2.75) is 31.7 Å². The molecule has 0 amide bonds. The number of hydrogen-bond donors (Lipinski definition) is 1. The first-order valence-electron chi connectivity index (χ1n) is 5.92. The molecule has 1 aliphatic rings. The normalized spacial score (nSPS) is 17.9. The summed E-state index contributed by atoms with van der Waals surface area (Å²) in [6.45, 7) is 3.77. The Bertz CT molecular complexity index is 361. The number of nitrogens with two attached hydrogens (primary N) is 1. The van der Waals surface area contributed by atoms with Crippen LogP contribution in [0.25, 0.3) is 0 Å². The molecule has 2 rings (SSSR count). The molecule has 88 valence electrons. The predicted molar refractivity (Wildman–Crippen MR) is 65.1 cm³/mol. The minimum atomic E-state index is -0.185. The topological polar surface area (TPSA) is 29.3 Å². The molecule has 0 aliphatic heterocycles. The van der Waals surface area contributed by atoms with Gasteiger partial charge in [0, 0.05) is 24.3 Å². The zero-order valence-electron chi connectivity index (χ0n) is 9.75. The molecular formula is C13H19FN2. The second kappa shape index (κ2) is 4.42. The number of likely N-dealkylation sites (N-methyl/N-ethyl adjacent to an activating group) is 1. The Morgan fingerprint density at radius 2 is 2.19 bits per heavy atom. The minimum Gasteiger partial charge on any atom is -0.370 e. The summed E-state index contributed by atoms with van der Waals surface area (Å²) >= 11 is 0. The summed E-state index contributed by atoms with van der Waals surface area (Å²) in [5.41, 5.74) is 7.10. The van der Waals surface area contributed by atoms with Crippen molar-refractivity contribution in [2.24, 2.45) is 5.73 Å². The quantitative estimate of drug-likeness (QED) is 0.848. The summed E-state index contributed by atoms with van der Waals surface area (Å²) in [5, 5.41) is 0. The summed E-state index contributed by atoms with van der Waals surface area (Å²) in [6, 6.07) is 6.73. The van der Waals surface area contributed by atoms with Gasteiger partial charge in [0.25, 0.3) is 0 Å². The van der Waals surface area contributed by atoms with Crippen LogP contribution in [0.15, 0.2) is 24.3 Å². The Labute approximate surface area is 96.2 Å². The molecule has 0 atom stereocenters. The van der Waals surface area contributed by atoms with Crippen LogP contribution in [0, 0.1) is 5.82 Å². The van der Waals surface area contributed by atoms with E-state index in [0.29, 0.717) is 0 Å². The highest BCUT2D eigenvalue weighted by atomic mass is 19.1. The highest BCUT2D eigenvalue weighted by molar-refractivity contribution is 5.47. The molecule has 1 aliphatic carbocycles. The standard InChI is InChI=1S/C13H19FN2/c1-2-16(10-13(15)7-4-8-13)12-6-3-5-11(14)9-12/h3,5-6,9H,2,4,7-8,10,15H2,1H3. The third kappa shape index (κ3) is 2.35. The van der Waals surface area contributed by atoms with E-state index in [1.165, 1.54) is 12.5 Å². The van der Waals surface area contributed by atoms with Crippen LogP contribution in [0.5, 0.6) is 0 Å². The summed E-state index contributed by atoms with van der Waals surface area (Å²) in [4.78, 5) is 2.15. The van der Waals surface area contributed by atoms with E-state index >= 15 is 0 Å². The van der Waals surface area contributed by atoms with Crippen LogP contribution >= 0.6 is 0 Å². The summed E-state index contributed by atoms with van der Waals surface area (Å²) in [6.07, 6.45) is 3.38. The van der Waals surface area contributed by atoms with Crippen LogP contribution in [0.4, 0.5) is 10.1 Å². The maximum absolute atomic E-state index is 13.1. The van der Waals surface area contributed by atoms with Crippen LogP contribution in [-0.2, 0) is 0 Å². The molecule has 3 heteroatoms. The maximum Gasteiger partial charge on any atom is 0.125 e. The lowest BCUT2D eigenvalue weighted by Crippen LogP contribution is -2.55. The number of hydrogen-bond acceptors (Lipinski definition) is 2. The fourth-order valence-electron chi connectivity index (χ4n) is 2.23. The van der Waals surface area contributed by atoms with E-state index in [1.807, 2.05) is 6.07 Å². The van der Waals surface area contributed by atoms with Crippen molar-refractivity contribution >= 4 is 5.69 Å². The molecule has 2 nitrogen and oxygen atoms in total. The van der Waals surface area contributed by atoms with Crippen molar-refractivity contribution in [3.63, 3.8) is 0 Å². The number of halogens is 1. The zero-order valence-corrected chi connectivity index (χ0v) is 9.75. The molecular weight excluding hydrogens is 203 g/mol. The highest BCUT2D eigenvalue weighted by Crippen LogP contribution is 2.31. The van der Waals surface area contributed by atoms with Gasteiger partial charge in [0.05, 0.1) is 0 Å². The lowest BCUT2D eigenvalue weighted by molar-refractivity contribution is 0.253. The smallest absolute Gasteiger partial charge is 0.125 e. The highest BCUT2D eigenvalue weighted by Gasteiger charge is 2.34. The SMILES string of the molecule is CCN(CC1(N)CCC1)c1cccc(F)c1. The van der Waals surface area contributed by atoms with Gasteiger partial charge in [-0.15, -0.1) is 0 Å². The van der Waals surface area contributed by atoms with E-state index in [-0.39, 0.29) is 11.4 Å². The van der Waals surface area contributed by atoms with Crippen molar-refractivity contribution in [3.05, 3.63) is 30.1 Å². The van der Waals surface area contributed by atoms with E-state index in [2.05, 4.69) is 11.8 Å². The average molecular weight is 222 g/mol. The Morgan fingerprint density at radius 3 is 2.69 bits per heavy atom. The van der Waals surface area contributed by atoms with Gasteiger partial charge in [0.15, 0.2) is 0 Å². The lowest BCUT2D eigenvalue weighted by atomic mass is 9.77. The van der Waals surface area contributed by atoms with Gasteiger partial charge >= 0.3 is 0 Å². The van der Waals surface area contributed by atoms with Gasteiger partial charge in [-0.2, -0.15) is 0 Å². The fourth-order valence-corrected chi connectivity index (χ4v) is 2.23. The Morgan fingerprint density at radius 1 is 1.44 bits per heavy atom. The first-order chi connectivity index (χ1) is 7.63. The van der Waals surface area contributed by atoms with Gasteiger partial charge in [0.1, 0.15) is 5.82 Å². The third-order valence-corrected chi connectivity index (χ3v) is 3.41. The van der Waals surface area contributed by atoms with Gasteiger partial charge in [0.2, 0.25) is 0 Å². The van der Waals surface area contributed by atoms with Gasteiger partial charge in [-0.1, -0.05) is 6.07 Å². The van der Waals surface area contributed by atoms with Gasteiger partial charge in [-0.05, 0) is 44.4 Å². The minimum absolute atomic E-state index is 0.0532. The molecule has 0 spiro atoms. The molecule has 0 heterocycles. The second-order valence-corrected chi connectivity index (χ2v) is 4.71. The molecule has 1 fully saturated rings. The molecule has 0 bridgehead atoms. The van der Waals surface area contributed by atoms with Gasteiger partial charge < -0.3 is 10.6 Å². The number of nitrogens with zero attached hydrogens (tertiary/aromatic N) is 1. The molecule has 16 heavy (non-hydrogen) atoms. The summed E-state index contributed by atoms with van der Waals surface area (Å²) < 4.78 is 13.1. The molecule has 0 saturated heterocycles. The maximum atomic E-state index is 13.1. The third-order valence-electron chi connectivity index (χ3n) is 3.41. The number of rotatable bonds is 4. The summed E-state index contributed by atoms with van der Waals surface area (Å²) in [5.74, 6) is -0.185. The van der Waals surface area contributed by atoms with Gasteiger partial charge in [-0.3, -0.25) is 0 Å². The van der Waals surface area contributed by atoms with Crippen LogP contribution < -0.4 is 10.6 Å². The first kappa shape index (κ1) is 11.4. The molecule has 1 aromatic rings. The second-order valence-electron chi connectivity index (χ2n) is 4.71. The molecule has 0 unspecified atom stereocenters. The molecule has 1 saturated carbocycles. The summed E-state index contributed by atoms with van der Waals surface area (Å²) in [7, 11) is 0. The lowest BCUT2D eigenvalue weighted by Gasteiger charge is -2.42. The Kier molecular flexibility index (Phi) is 3.15. The van der Waals surface area contributed by atoms with E-state index in [9.17, 15) is 4.39 Å². The molecule has 1 aromatic carbocycles. The van der Waals surface area contributed by atoms with Crippen LogP contribution in [0.1, 0.15) is 26.2 Å². The van der Waals surface area contributed by atoms with Crippen molar-refractivity contribution in [1.82, 2.24) is 0 Å². The van der Waals surface area contributed by atoms with Crippen molar-refractivity contribution in [3.8, 4) is 0 Å². The van der Waals surface area contributed by atoms with Crippen LogP contribution in [0.2, 0.25) is 0 Å². The average Bonchev–Trinajstić information content (AvgIpc) is 2.23. The predicted octanol–water partition coefficient (Wildman–Crippen LogP) is 2.53. The number of benzene rings is 1. The Balaban J connectivity index is 2.10. The van der Waals surface area contributed by atoms with Crippen molar-refractivity contribution in [2.75, 3.05) is 18.0 Å². The Hall–Kier alpha value is -1.09. The number of anilines is 1. The van der Waals surface area contributed by atoms with Crippen molar-refractivity contribution < 1.29 is 4.39 Å². The van der Waals surface area contributed by atoms with E-state index in [0.717, 1.165) is 31.6 Å². The van der Waals surface area contributed by atoms with Crippen LogP contribution in [-0.4, -0.2) is 18.6 Å². The van der Waals surface area contributed by atoms with Gasteiger partial charge in [-0.25, -0.2) is 4.39 Å². The van der Waals surface area contributed by atoms with Crippen LogP contribution in [0.3, 0.4) is 0 Å². The van der Waals surface area contributed by atoms with Crippen molar-refractivity contribution in [1.29, 1.82) is 0 Å². The first-order valence-corrected chi connectivity index (χ1v) is 5.92. The monoisotopic (exact) mass is 222 g/mol. The molecule has 0 radical (unpaired) electrons.